The number of nitrogens with zero attached hydrogens (tertiary/aromatic N) is 2. The summed E-state index contributed by atoms with van der Waals surface area (Å²) in [6.45, 7) is 6.96. The van der Waals surface area contributed by atoms with E-state index in [1.54, 1.807) is 19.3 Å². The number of furan rings is 1. The largest absolute Gasteiger partial charge is 0.454 e. The molecule has 8 nitrogen and oxygen atoms in total. The summed E-state index contributed by atoms with van der Waals surface area (Å²) >= 11 is 0. The van der Waals surface area contributed by atoms with Crippen molar-refractivity contribution in [3.05, 3.63) is 41.5 Å². The highest BCUT2D eigenvalue weighted by atomic mass is 16.4. The second kappa shape index (κ2) is 7.20. The third kappa shape index (κ3) is 4.61. The van der Waals surface area contributed by atoms with Gasteiger partial charge in [-0.15, -0.1) is 0 Å². The molecule has 0 aromatic carbocycles. The second-order valence-electron chi connectivity index (χ2n) is 6.28. The molecule has 0 unspecified atom stereocenters. The van der Waals surface area contributed by atoms with Crippen molar-refractivity contribution >= 4 is 11.9 Å². The van der Waals surface area contributed by atoms with Crippen molar-refractivity contribution < 1.29 is 13.6 Å². The maximum atomic E-state index is 11.0. The highest BCUT2D eigenvalue weighted by Gasteiger charge is 2.19. The predicted octanol–water partition coefficient (Wildman–Crippen LogP) is 1.53. The van der Waals surface area contributed by atoms with Crippen LogP contribution in [0.4, 0.5) is 0 Å². The first kappa shape index (κ1) is 17.6. The van der Waals surface area contributed by atoms with Crippen LogP contribution in [0.15, 0.2) is 32.2 Å². The standard InChI is InChI=1S/C16H23N5O3/c1-16(2,3)12-8-19-13(24-12)9-21-15(18-4)20-7-10-5-6-11(23-10)14(17)22/h5-6,8H,7,9H2,1-4H3,(H2,17,22)(H2,18,20,21). The van der Waals surface area contributed by atoms with E-state index in [1.807, 2.05) is 0 Å². The summed E-state index contributed by atoms with van der Waals surface area (Å²) in [6.07, 6.45) is 1.74. The van der Waals surface area contributed by atoms with Crippen LogP contribution in [0, 0.1) is 0 Å². The van der Waals surface area contributed by atoms with E-state index in [-0.39, 0.29) is 11.2 Å². The lowest BCUT2D eigenvalue weighted by Crippen LogP contribution is -2.36. The number of nitrogens with two attached hydrogens (primary N) is 1. The maximum Gasteiger partial charge on any atom is 0.284 e. The summed E-state index contributed by atoms with van der Waals surface area (Å²) in [7, 11) is 1.66. The number of nitrogens with one attached hydrogen (secondary N) is 2. The minimum Gasteiger partial charge on any atom is -0.454 e. The number of carbonyl (C=O) groups excluding carboxylic acids is 1. The Hall–Kier alpha value is -2.77. The molecule has 2 heterocycles. The van der Waals surface area contributed by atoms with E-state index in [2.05, 4.69) is 41.4 Å². The van der Waals surface area contributed by atoms with E-state index in [0.717, 1.165) is 5.76 Å². The molecule has 0 aliphatic heterocycles. The molecule has 130 valence electrons. The van der Waals surface area contributed by atoms with Crippen molar-refractivity contribution in [1.29, 1.82) is 0 Å². The average molecular weight is 333 g/mol. The monoisotopic (exact) mass is 333 g/mol. The van der Waals surface area contributed by atoms with Gasteiger partial charge in [0, 0.05) is 12.5 Å². The Morgan fingerprint density at radius 3 is 2.50 bits per heavy atom. The number of hydrogen-bond acceptors (Lipinski definition) is 5. The van der Waals surface area contributed by atoms with Gasteiger partial charge in [0.05, 0.1) is 19.3 Å². The molecule has 0 saturated carbocycles. The van der Waals surface area contributed by atoms with Crippen LogP contribution in [0.5, 0.6) is 0 Å². The maximum absolute atomic E-state index is 11.0. The lowest BCUT2D eigenvalue weighted by molar-refractivity contribution is 0.0972. The molecule has 24 heavy (non-hydrogen) atoms. The lowest BCUT2D eigenvalue weighted by Gasteiger charge is -2.13. The van der Waals surface area contributed by atoms with E-state index in [0.29, 0.717) is 30.7 Å². The summed E-state index contributed by atoms with van der Waals surface area (Å²) in [4.78, 5) is 19.4. The normalized spacial score (nSPS) is 12.2. The summed E-state index contributed by atoms with van der Waals surface area (Å²) in [5, 5.41) is 6.17. The van der Waals surface area contributed by atoms with Gasteiger partial charge in [0.2, 0.25) is 5.89 Å². The topological polar surface area (TPSA) is 119 Å². The molecule has 1 amide bonds. The van der Waals surface area contributed by atoms with Gasteiger partial charge >= 0.3 is 0 Å². The number of amides is 1. The first-order chi connectivity index (χ1) is 11.3. The van der Waals surface area contributed by atoms with Gasteiger partial charge in [-0.25, -0.2) is 4.98 Å². The Morgan fingerprint density at radius 2 is 1.96 bits per heavy atom. The molecule has 0 bridgehead atoms. The Bertz CT molecular complexity index is 724. The summed E-state index contributed by atoms with van der Waals surface area (Å²) in [5.41, 5.74) is 5.07. The number of rotatable bonds is 5. The second-order valence-corrected chi connectivity index (χ2v) is 6.28. The van der Waals surface area contributed by atoms with Crippen molar-refractivity contribution in [3.63, 3.8) is 0 Å². The summed E-state index contributed by atoms with van der Waals surface area (Å²) in [6, 6.07) is 3.22. The molecule has 0 saturated heterocycles. The number of primary amides is 1. The molecule has 0 radical (unpaired) electrons. The van der Waals surface area contributed by atoms with Gasteiger partial charge in [-0.3, -0.25) is 9.79 Å². The number of carbonyl (C=O) groups is 1. The summed E-state index contributed by atoms with van der Waals surface area (Å²) < 4.78 is 11.0. The van der Waals surface area contributed by atoms with Gasteiger partial charge in [0.25, 0.3) is 5.91 Å². The number of guanidine groups is 1. The quantitative estimate of drug-likeness (QED) is 0.564. The van der Waals surface area contributed by atoms with Gasteiger partial charge in [0.15, 0.2) is 11.7 Å². The number of aliphatic imine (C=N–C) groups is 1. The van der Waals surface area contributed by atoms with Gasteiger partial charge in [0.1, 0.15) is 11.5 Å². The highest BCUT2D eigenvalue weighted by molar-refractivity contribution is 5.89. The Labute approximate surface area is 140 Å². The van der Waals surface area contributed by atoms with Crippen molar-refractivity contribution in [2.75, 3.05) is 7.05 Å². The SMILES string of the molecule is CN=C(NCc1ccc(C(N)=O)o1)NCc1ncc(C(C)(C)C)o1. The van der Waals surface area contributed by atoms with Crippen LogP contribution in [-0.4, -0.2) is 23.9 Å². The van der Waals surface area contributed by atoms with E-state index < -0.39 is 5.91 Å². The fourth-order valence-electron chi connectivity index (χ4n) is 1.89. The Morgan fingerprint density at radius 1 is 1.25 bits per heavy atom. The molecule has 8 heteroatoms. The zero-order valence-electron chi connectivity index (χ0n) is 14.3. The molecular formula is C16H23N5O3. The van der Waals surface area contributed by atoms with Crippen LogP contribution < -0.4 is 16.4 Å². The molecule has 0 aliphatic carbocycles. The van der Waals surface area contributed by atoms with E-state index in [1.165, 1.54) is 6.07 Å². The van der Waals surface area contributed by atoms with Crippen LogP contribution in [0.25, 0.3) is 0 Å². The molecule has 4 N–H and O–H groups in total. The number of aromatic nitrogens is 1. The van der Waals surface area contributed by atoms with Crippen molar-refractivity contribution in [2.24, 2.45) is 10.7 Å². The Balaban J connectivity index is 1.86. The number of hydrogen-bond donors (Lipinski definition) is 3. The van der Waals surface area contributed by atoms with Crippen LogP contribution >= 0.6 is 0 Å². The minimum atomic E-state index is -0.595. The fourth-order valence-corrected chi connectivity index (χ4v) is 1.89. The predicted molar refractivity (Wildman–Crippen MR) is 89.5 cm³/mol. The molecular weight excluding hydrogens is 310 g/mol. The van der Waals surface area contributed by atoms with Gasteiger partial charge in [-0.2, -0.15) is 0 Å². The van der Waals surface area contributed by atoms with Crippen molar-refractivity contribution in [3.8, 4) is 0 Å². The molecule has 2 aromatic heterocycles. The molecule has 0 spiro atoms. The van der Waals surface area contributed by atoms with E-state index >= 15 is 0 Å². The lowest BCUT2D eigenvalue weighted by atomic mass is 9.94. The fraction of sp³-hybridized carbons (Fsp3) is 0.438. The van der Waals surface area contributed by atoms with Crippen molar-refractivity contribution in [1.82, 2.24) is 15.6 Å². The van der Waals surface area contributed by atoms with Crippen LogP contribution in [-0.2, 0) is 18.5 Å². The van der Waals surface area contributed by atoms with Gasteiger partial charge in [-0.1, -0.05) is 20.8 Å². The van der Waals surface area contributed by atoms with Gasteiger partial charge in [-0.05, 0) is 12.1 Å². The van der Waals surface area contributed by atoms with Gasteiger partial charge < -0.3 is 25.2 Å². The molecule has 0 fully saturated rings. The van der Waals surface area contributed by atoms with E-state index in [9.17, 15) is 4.79 Å². The molecule has 2 rings (SSSR count). The smallest absolute Gasteiger partial charge is 0.284 e. The van der Waals surface area contributed by atoms with Crippen LogP contribution in [0.2, 0.25) is 0 Å². The zero-order valence-corrected chi connectivity index (χ0v) is 14.3. The zero-order chi connectivity index (χ0) is 17.7. The first-order valence-corrected chi connectivity index (χ1v) is 7.58. The van der Waals surface area contributed by atoms with E-state index in [4.69, 9.17) is 14.6 Å². The first-order valence-electron chi connectivity index (χ1n) is 7.58. The third-order valence-corrected chi connectivity index (χ3v) is 3.26. The molecule has 0 atom stereocenters. The molecule has 2 aromatic rings. The third-order valence-electron chi connectivity index (χ3n) is 3.26. The molecule has 0 aliphatic rings. The number of oxazole rings is 1. The Kier molecular flexibility index (Phi) is 5.28. The highest BCUT2D eigenvalue weighted by Crippen LogP contribution is 2.22. The average Bonchev–Trinajstić information content (AvgIpc) is 3.16. The van der Waals surface area contributed by atoms with Crippen LogP contribution in [0.3, 0.4) is 0 Å². The summed E-state index contributed by atoms with van der Waals surface area (Å²) in [5.74, 6) is 2.08. The minimum absolute atomic E-state index is 0.0808. The van der Waals surface area contributed by atoms with Crippen LogP contribution in [0.1, 0.15) is 48.7 Å². The van der Waals surface area contributed by atoms with Crippen molar-refractivity contribution in [2.45, 2.75) is 39.3 Å².